The third kappa shape index (κ3) is 3.09. The van der Waals surface area contributed by atoms with Gasteiger partial charge in [-0.1, -0.05) is 12.1 Å². The minimum Gasteiger partial charge on any atom is -0.479 e. The lowest BCUT2D eigenvalue weighted by Crippen LogP contribution is -2.38. The fourth-order valence-electron chi connectivity index (χ4n) is 2.16. The van der Waals surface area contributed by atoms with Gasteiger partial charge < -0.3 is 15.2 Å². The van der Waals surface area contributed by atoms with Gasteiger partial charge in [-0.25, -0.2) is 4.79 Å². The van der Waals surface area contributed by atoms with Crippen molar-refractivity contribution in [2.24, 2.45) is 0 Å². The predicted octanol–water partition coefficient (Wildman–Crippen LogP) is 2.19. The Hall–Kier alpha value is -2.48. The van der Waals surface area contributed by atoms with Gasteiger partial charge in [0.05, 0.1) is 0 Å². The van der Waals surface area contributed by atoms with Crippen molar-refractivity contribution in [1.29, 1.82) is 0 Å². The Kier molecular flexibility index (Phi) is 4.23. The molecule has 24 heavy (non-hydrogen) atoms. The van der Waals surface area contributed by atoms with E-state index in [9.17, 15) is 14.7 Å². The molecule has 0 bridgehead atoms. The summed E-state index contributed by atoms with van der Waals surface area (Å²) in [6.07, 6.45) is 0.901. The fraction of sp³-hybridized carbons (Fsp3) is 0.312. The van der Waals surface area contributed by atoms with Crippen LogP contribution in [0.4, 0.5) is 5.82 Å². The van der Waals surface area contributed by atoms with E-state index in [1.807, 2.05) is 24.3 Å². The molecule has 8 heteroatoms. The Morgan fingerprint density at radius 1 is 1.38 bits per heavy atom. The van der Waals surface area contributed by atoms with Crippen molar-refractivity contribution in [3.8, 4) is 5.75 Å². The van der Waals surface area contributed by atoms with Crippen molar-refractivity contribution < 1.29 is 19.4 Å². The van der Waals surface area contributed by atoms with Crippen LogP contribution in [0.3, 0.4) is 0 Å². The van der Waals surface area contributed by atoms with Gasteiger partial charge in [0.25, 0.3) is 5.91 Å². The highest BCUT2D eigenvalue weighted by Crippen LogP contribution is 2.35. The Labute approximate surface area is 143 Å². The van der Waals surface area contributed by atoms with E-state index in [2.05, 4.69) is 10.4 Å². The largest absolute Gasteiger partial charge is 0.479 e. The van der Waals surface area contributed by atoms with Gasteiger partial charge in [-0.05, 0) is 26.0 Å². The van der Waals surface area contributed by atoms with Crippen molar-refractivity contribution >= 4 is 29.5 Å². The van der Waals surface area contributed by atoms with E-state index >= 15 is 0 Å². The number of carbonyl (C=O) groups is 2. The first-order valence-corrected chi connectivity index (χ1v) is 8.35. The minimum absolute atomic E-state index is 0.293. The number of aliphatic carboxylic acids is 1. The first-order valence-electron chi connectivity index (χ1n) is 7.37. The molecular formula is C16H17N3O4S. The second kappa shape index (κ2) is 6.20. The van der Waals surface area contributed by atoms with E-state index in [0.29, 0.717) is 17.3 Å². The van der Waals surface area contributed by atoms with Crippen molar-refractivity contribution in [3.05, 3.63) is 36.5 Å². The summed E-state index contributed by atoms with van der Waals surface area (Å²) in [7, 11) is 0. The van der Waals surface area contributed by atoms with Gasteiger partial charge in [0, 0.05) is 22.9 Å². The summed E-state index contributed by atoms with van der Waals surface area (Å²) in [5.74, 6) is 0.167. The van der Waals surface area contributed by atoms with Gasteiger partial charge in [0.15, 0.2) is 17.5 Å². The molecule has 1 unspecified atom stereocenters. The highest BCUT2D eigenvalue weighted by Gasteiger charge is 2.31. The standard InChI is InChI=1S/C16H17N3O4S/c1-16(2,15(21)22)19-8-7-13(18-19)17-14(20)11-9-24-12-6-4-3-5-10(12)23-11/h3-8,11H,9H2,1-2H3,(H,21,22)(H,17,18,20). The van der Waals surface area contributed by atoms with Crippen molar-refractivity contribution in [1.82, 2.24) is 9.78 Å². The zero-order chi connectivity index (χ0) is 17.3. The molecule has 0 radical (unpaired) electrons. The van der Waals surface area contributed by atoms with E-state index in [4.69, 9.17) is 4.74 Å². The Morgan fingerprint density at radius 3 is 2.88 bits per heavy atom. The third-order valence-corrected chi connectivity index (χ3v) is 4.86. The summed E-state index contributed by atoms with van der Waals surface area (Å²) in [5.41, 5.74) is -1.20. The zero-order valence-electron chi connectivity index (χ0n) is 13.2. The van der Waals surface area contributed by atoms with Crippen molar-refractivity contribution in [2.75, 3.05) is 11.1 Å². The monoisotopic (exact) mass is 347 g/mol. The third-order valence-electron chi connectivity index (χ3n) is 3.74. The SMILES string of the molecule is CC(C)(C(=O)O)n1ccc(NC(=O)C2CSc3ccccc3O2)n1. The van der Waals surface area contributed by atoms with Crippen LogP contribution < -0.4 is 10.1 Å². The van der Waals surface area contributed by atoms with Crippen LogP contribution in [0.5, 0.6) is 5.75 Å². The molecule has 7 nitrogen and oxygen atoms in total. The summed E-state index contributed by atoms with van der Waals surface area (Å²) in [5, 5.41) is 16.0. The molecule has 0 aliphatic carbocycles. The molecule has 1 amide bonds. The second-order valence-corrected chi connectivity index (χ2v) is 6.93. The minimum atomic E-state index is -1.20. The Balaban J connectivity index is 1.68. The predicted molar refractivity (Wildman–Crippen MR) is 89.4 cm³/mol. The Bertz CT molecular complexity index is 787. The molecule has 1 aromatic carbocycles. The molecule has 1 aliphatic heterocycles. The number of hydrogen-bond acceptors (Lipinski definition) is 5. The number of nitrogens with one attached hydrogen (secondary N) is 1. The molecule has 126 valence electrons. The smallest absolute Gasteiger partial charge is 0.331 e. The molecular weight excluding hydrogens is 330 g/mol. The first-order chi connectivity index (χ1) is 11.4. The number of ether oxygens (including phenoxy) is 1. The van der Waals surface area contributed by atoms with Gasteiger partial charge in [-0.15, -0.1) is 11.8 Å². The normalized spacial score (nSPS) is 16.8. The average molecular weight is 347 g/mol. The maximum atomic E-state index is 12.4. The highest BCUT2D eigenvalue weighted by atomic mass is 32.2. The lowest BCUT2D eigenvalue weighted by molar-refractivity contribution is -0.146. The maximum Gasteiger partial charge on any atom is 0.331 e. The average Bonchev–Trinajstić information content (AvgIpc) is 3.03. The second-order valence-electron chi connectivity index (χ2n) is 5.86. The summed E-state index contributed by atoms with van der Waals surface area (Å²) >= 11 is 1.56. The quantitative estimate of drug-likeness (QED) is 0.881. The molecule has 2 N–H and O–H groups in total. The number of nitrogens with zero attached hydrogens (tertiary/aromatic N) is 2. The summed E-state index contributed by atoms with van der Waals surface area (Å²) in [4.78, 5) is 24.6. The van der Waals surface area contributed by atoms with Crippen molar-refractivity contribution in [2.45, 2.75) is 30.4 Å². The van der Waals surface area contributed by atoms with Crippen LogP contribution in [0.2, 0.25) is 0 Å². The molecule has 1 atom stereocenters. The molecule has 2 heterocycles. The number of carbonyl (C=O) groups excluding carboxylic acids is 1. The molecule has 3 rings (SSSR count). The maximum absolute atomic E-state index is 12.4. The van der Waals surface area contributed by atoms with E-state index in [-0.39, 0.29) is 5.91 Å². The van der Waals surface area contributed by atoms with Gasteiger partial charge in [-0.2, -0.15) is 5.10 Å². The van der Waals surface area contributed by atoms with Crippen LogP contribution in [0, 0.1) is 0 Å². The summed E-state index contributed by atoms with van der Waals surface area (Å²) in [6, 6.07) is 9.12. The number of rotatable bonds is 4. The van der Waals surface area contributed by atoms with Crippen LogP contribution in [0.15, 0.2) is 41.4 Å². The van der Waals surface area contributed by atoms with Crippen LogP contribution in [-0.2, 0) is 15.1 Å². The molecule has 1 aromatic heterocycles. The highest BCUT2D eigenvalue weighted by molar-refractivity contribution is 7.99. The number of para-hydroxylation sites is 1. The summed E-state index contributed by atoms with van der Waals surface area (Å²) in [6.45, 7) is 3.07. The van der Waals surface area contributed by atoms with Crippen LogP contribution in [0.1, 0.15) is 13.8 Å². The van der Waals surface area contributed by atoms with E-state index in [0.717, 1.165) is 4.90 Å². The lowest BCUT2D eigenvalue weighted by atomic mass is 10.1. The van der Waals surface area contributed by atoms with E-state index in [1.165, 1.54) is 24.7 Å². The molecule has 0 saturated heterocycles. The van der Waals surface area contributed by atoms with E-state index < -0.39 is 17.6 Å². The number of amides is 1. The molecule has 0 fully saturated rings. The molecule has 0 spiro atoms. The number of carboxylic acids is 1. The molecule has 2 aromatic rings. The number of anilines is 1. The molecule has 1 aliphatic rings. The van der Waals surface area contributed by atoms with E-state index in [1.54, 1.807) is 17.8 Å². The van der Waals surface area contributed by atoms with Crippen LogP contribution in [0.25, 0.3) is 0 Å². The van der Waals surface area contributed by atoms with Gasteiger partial charge in [0.2, 0.25) is 0 Å². The fourth-order valence-corrected chi connectivity index (χ4v) is 3.14. The molecule has 0 saturated carbocycles. The zero-order valence-corrected chi connectivity index (χ0v) is 14.0. The van der Waals surface area contributed by atoms with Gasteiger partial charge in [-0.3, -0.25) is 9.48 Å². The number of fused-ring (bicyclic) bond motifs is 1. The topological polar surface area (TPSA) is 93.5 Å². The van der Waals surface area contributed by atoms with Crippen LogP contribution in [-0.4, -0.2) is 38.6 Å². The van der Waals surface area contributed by atoms with Crippen LogP contribution >= 0.6 is 11.8 Å². The number of aromatic nitrogens is 2. The number of benzene rings is 1. The summed E-state index contributed by atoms with van der Waals surface area (Å²) < 4.78 is 7.02. The lowest BCUT2D eigenvalue weighted by Gasteiger charge is -2.24. The Morgan fingerprint density at radius 2 is 2.12 bits per heavy atom. The van der Waals surface area contributed by atoms with Gasteiger partial charge >= 0.3 is 5.97 Å². The van der Waals surface area contributed by atoms with Gasteiger partial charge in [0.1, 0.15) is 5.75 Å². The number of thioether (sulfide) groups is 1. The first kappa shape index (κ1) is 16.4. The number of hydrogen-bond donors (Lipinski definition) is 2. The number of carboxylic acid groups (broad SMARTS) is 1. The van der Waals surface area contributed by atoms with Crippen molar-refractivity contribution in [3.63, 3.8) is 0 Å².